The molecule has 0 radical (unpaired) electrons. The number of ether oxygens (including phenoxy) is 1. The van der Waals surface area contributed by atoms with Crippen LogP contribution in [0.2, 0.25) is 0 Å². The number of aryl methyl sites for hydroxylation is 1. The zero-order valence-corrected chi connectivity index (χ0v) is 14.5. The van der Waals surface area contributed by atoms with E-state index in [1.165, 1.54) is 35.6 Å². The molecule has 10 heteroatoms. The Kier molecular flexibility index (Phi) is 5.52. The van der Waals surface area contributed by atoms with Gasteiger partial charge in [-0.25, -0.2) is 18.2 Å². The van der Waals surface area contributed by atoms with Crippen LogP contribution in [0.1, 0.15) is 16.1 Å². The molecule has 0 saturated carbocycles. The van der Waals surface area contributed by atoms with Gasteiger partial charge >= 0.3 is 5.97 Å². The van der Waals surface area contributed by atoms with Crippen LogP contribution >= 0.6 is 11.3 Å². The van der Waals surface area contributed by atoms with Gasteiger partial charge in [-0.15, -0.1) is 11.3 Å². The number of anilines is 2. The third-order valence-corrected chi connectivity index (χ3v) is 4.08. The summed E-state index contributed by atoms with van der Waals surface area (Å²) in [5.74, 6) is -1.25. The van der Waals surface area contributed by atoms with Crippen molar-refractivity contribution in [2.45, 2.75) is 6.92 Å². The van der Waals surface area contributed by atoms with Crippen LogP contribution in [0.3, 0.4) is 0 Å². The van der Waals surface area contributed by atoms with Gasteiger partial charge in [0.15, 0.2) is 11.7 Å². The number of carbonyl (C=O) groups excluding carboxylic acids is 2. The first kappa shape index (κ1) is 17.9. The predicted molar refractivity (Wildman–Crippen MR) is 90.7 cm³/mol. The number of rotatable bonds is 6. The fraction of sp³-hybridized carbons (Fsp3) is 0.214. The molecule has 0 saturated heterocycles. The second-order valence-corrected chi connectivity index (χ2v) is 7.48. The second-order valence-electron chi connectivity index (χ2n) is 4.87. The van der Waals surface area contributed by atoms with Crippen LogP contribution in [0.25, 0.3) is 0 Å². The van der Waals surface area contributed by atoms with Gasteiger partial charge in [-0.05, 0) is 25.1 Å². The van der Waals surface area contributed by atoms with Crippen LogP contribution in [-0.4, -0.2) is 38.1 Å². The number of nitrogens with zero attached hydrogens (tertiary/aromatic N) is 1. The van der Waals surface area contributed by atoms with E-state index in [9.17, 15) is 18.0 Å². The molecule has 2 N–H and O–H groups in total. The van der Waals surface area contributed by atoms with Gasteiger partial charge in [0.05, 0.1) is 17.5 Å². The van der Waals surface area contributed by atoms with Gasteiger partial charge in [-0.3, -0.25) is 14.8 Å². The van der Waals surface area contributed by atoms with Crippen molar-refractivity contribution in [2.24, 2.45) is 0 Å². The van der Waals surface area contributed by atoms with E-state index in [0.29, 0.717) is 5.13 Å². The summed E-state index contributed by atoms with van der Waals surface area (Å²) >= 11 is 1.27. The Morgan fingerprint density at radius 1 is 1.33 bits per heavy atom. The molecule has 1 aromatic carbocycles. The summed E-state index contributed by atoms with van der Waals surface area (Å²) in [6, 6.07) is 5.78. The highest BCUT2D eigenvalue weighted by atomic mass is 32.2. The van der Waals surface area contributed by atoms with E-state index in [0.717, 1.165) is 11.9 Å². The number of hydrogen-bond donors (Lipinski definition) is 2. The molecule has 1 amide bonds. The van der Waals surface area contributed by atoms with Crippen molar-refractivity contribution in [3.05, 3.63) is 40.9 Å². The Morgan fingerprint density at radius 3 is 2.71 bits per heavy atom. The van der Waals surface area contributed by atoms with Gasteiger partial charge in [0.25, 0.3) is 5.91 Å². The lowest BCUT2D eigenvalue weighted by Crippen LogP contribution is -2.21. The average molecular weight is 369 g/mol. The first-order valence-corrected chi connectivity index (χ1v) is 9.47. The van der Waals surface area contributed by atoms with E-state index >= 15 is 0 Å². The Morgan fingerprint density at radius 2 is 2.08 bits per heavy atom. The highest BCUT2D eigenvalue weighted by Crippen LogP contribution is 2.15. The van der Waals surface area contributed by atoms with Crippen molar-refractivity contribution in [1.82, 2.24) is 4.98 Å². The van der Waals surface area contributed by atoms with Gasteiger partial charge in [-0.2, -0.15) is 0 Å². The van der Waals surface area contributed by atoms with E-state index in [1.807, 2.05) is 0 Å². The van der Waals surface area contributed by atoms with Crippen LogP contribution in [-0.2, 0) is 19.6 Å². The molecule has 8 nitrogen and oxygen atoms in total. The maximum atomic E-state index is 11.9. The molecule has 0 aliphatic heterocycles. The molecule has 0 fully saturated rings. The largest absolute Gasteiger partial charge is 0.452 e. The fourth-order valence-electron chi connectivity index (χ4n) is 1.70. The zero-order valence-electron chi connectivity index (χ0n) is 12.9. The highest BCUT2D eigenvalue weighted by Gasteiger charge is 2.12. The number of thiazole rings is 1. The van der Waals surface area contributed by atoms with E-state index < -0.39 is 28.5 Å². The van der Waals surface area contributed by atoms with Crippen LogP contribution < -0.4 is 10.0 Å². The number of esters is 1. The van der Waals surface area contributed by atoms with Crippen molar-refractivity contribution in [2.75, 3.05) is 22.9 Å². The second kappa shape index (κ2) is 7.41. The molecule has 0 spiro atoms. The molecule has 0 bridgehead atoms. The molecule has 0 unspecified atom stereocenters. The summed E-state index contributed by atoms with van der Waals surface area (Å²) in [5, 5.41) is 4.72. The summed E-state index contributed by atoms with van der Waals surface area (Å²) in [5.41, 5.74) is 1.14. The molecule has 2 rings (SSSR count). The van der Waals surface area contributed by atoms with E-state index in [4.69, 9.17) is 4.74 Å². The van der Waals surface area contributed by atoms with E-state index in [-0.39, 0.29) is 11.3 Å². The van der Waals surface area contributed by atoms with E-state index in [1.54, 1.807) is 12.3 Å². The predicted octanol–water partition coefficient (Wildman–Crippen LogP) is 1.62. The van der Waals surface area contributed by atoms with Crippen LogP contribution in [0.5, 0.6) is 0 Å². The smallest absolute Gasteiger partial charge is 0.338 e. The molecule has 1 aromatic heterocycles. The Bertz CT molecular complexity index is 861. The van der Waals surface area contributed by atoms with Crippen molar-refractivity contribution in [3.8, 4) is 0 Å². The summed E-state index contributed by atoms with van der Waals surface area (Å²) in [7, 11) is -3.45. The van der Waals surface area contributed by atoms with Gasteiger partial charge in [0, 0.05) is 11.1 Å². The van der Waals surface area contributed by atoms with Gasteiger partial charge in [0.1, 0.15) is 0 Å². The number of nitrogens with one attached hydrogen (secondary N) is 2. The third kappa shape index (κ3) is 5.63. The molecule has 128 valence electrons. The number of carbonyl (C=O) groups is 2. The third-order valence-electron chi connectivity index (χ3n) is 2.60. The van der Waals surface area contributed by atoms with Crippen molar-refractivity contribution in [3.63, 3.8) is 0 Å². The van der Waals surface area contributed by atoms with Crippen molar-refractivity contribution < 1.29 is 22.7 Å². The number of sulfonamides is 1. The number of hydrogen-bond acceptors (Lipinski definition) is 7. The number of benzene rings is 1. The van der Waals surface area contributed by atoms with Gasteiger partial charge < -0.3 is 4.74 Å². The number of aromatic nitrogens is 1. The maximum absolute atomic E-state index is 11.9. The normalized spacial score (nSPS) is 10.9. The lowest BCUT2D eigenvalue weighted by atomic mass is 10.2. The maximum Gasteiger partial charge on any atom is 0.338 e. The number of amides is 1. The quantitative estimate of drug-likeness (QED) is 0.748. The monoisotopic (exact) mass is 369 g/mol. The summed E-state index contributed by atoms with van der Waals surface area (Å²) < 4.78 is 29.5. The average Bonchev–Trinajstić information content (AvgIpc) is 2.88. The van der Waals surface area contributed by atoms with Crippen LogP contribution in [0.4, 0.5) is 10.8 Å². The lowest BCUT2D eigenvalue weighted by Gasteiger charge is -2.07. The van der Waals surface area contributed by atoms with Crippen LogP contribution in [0.15, 0.2) is 29.6 Å². The van der Waals surface area contributed by atoms with Crippen LogP contribution in [0, 0.1) is 6.92 Å². The molecule has 0 aliphatic carbocycles. The molecular formula is C14H15N3O5S2. The topological polar surface area (TPSA) is 114 Å². The Balaban J connectivity index is 1.92. The SMILES string of the molecule is Cc1csc(NC(=O)COC(=O)c2cccc(NS(C)(=O)=O)c2)n1. The van der Waals surface area contributed by atoms with E-state index in [2.05, 4.69) is 15.0 Å². The van der Waals surface area contributed by atoms with Gasteiger partial charge in [0.2, 0.25) is 10.0 Å². The minimum atomic E-state index is -3.45. The summed E-state index contributed by atoms with van der Waals surface area (Å²) in [6.07, 6.45) is 1.00. The zero-order chi connectivity index (χ0) is 17.7. The first-order valence-electron chi connectivity index (χ1n) is 6.70. The molecule has 24 heavy (non-hydrogen) atoms. The molecule has 2 aromatic rings. The fourth-order valence-corrected chi connectivity index (χ4v) is 2.96. The molecule has 1 heterocycles. The molecule has 0 aliphatic rings. The Labute approximate surface area is 142 Å². The first-order chi connectivity index (χ1) is 11.2. The minimum absolute atomic E-state index is 0.126. The van der Waals surface area contributed by atoms with Crippen molar-refractivity contribution >= 4 is 44.1 Å². The van der Waals surface area contributed by atoms with Gasteiger partial charge in [-0.1, -0.05) is 6.07 Å². The molecule has 0 atom stereocenters. The van der Waals surface area contributed by atoms with Crippen molar-refractivity contribution in [1.29, 1.82) is 0 Å². The molecular weight excluding hydrogens is 354 g/mol. The summed E-state index contributed by atoms with van der Waals surface area (Å²) in [4.78, 5) is 27.7. The minimum Gasteiger partial charge on any atom is -0.452 e. The lowest BCUT2D eigenvalue weighted by molar-refractivity contribution is -0.119. The standard InChI is InChI=1S/C14H15N3O5S2/c1-9-8-23-14(15-9)16-12(18)7-22-13(19)10-4-3-5-11(6-10)17-24(2,20)21/h3-6,8,17H,7H2,1-2H3,(H,15,16,18). The summed E-state index contributed by atoms with van der Waals surface area (Å²) in [6.45, 7) is 1.32. The highest BCUT2D eigenvalue weighted by molar-refractivity contribution is 7.92. The Hall–Kier alpha value is -2.46.